The van der Waals surface area contributed by atoms with Gasteiger partial charge in [0.15, 0.2) is 5.82 Å². The molecule has 2 heterocycles. The Labute approximate surface area is 87.2 Å². The third kappa shape index (κ3) is 2.04. The first-order valence-corrected chi connectivity index (χ1v) is 4.82. The molecule has 2 rings (SSSR count). The Kier molecular flexibility index (Phi) is 2.77. The van der Waals surface area contributed by atoms with Gasteiger partial charge >= 0.3 is 0 Å². The molecule has 0 unspecified atom stereocenters. The number of hydrogen-bond donors (Lipinski definition) is 1. The Bertz CT molecular complexity index is 433. The van der Waals surface area contributed by atoms with E-state index in [1.165, 1.54) is 6.33 Å². The van der Waals surface area contributed by atoms with Crippen LogP contribution in [0.1, 0.15) is 18.3 Å². The summed E-state index contributed by atoms with van der Waals surface area (Å²) in [7, 11) is 0. The van der Waals surface area contributed by atoms with Crippen molar-refractivity contribution in [2.75, 3.05) is 0 Å². The first-order valence-electron chi connectivity index (χ1n) is 4.82. The molecule has 0 fully saturated rings. The zero-order chi connectivity index (χ0) is 10.7. The van der Waals surface area contributed by atoms with Gasteiger partial charge in [0.05, 0.1) is 12.7 Å². The van der Waals surface area contributed by atoms with Gasteiger partial charge < -0.3 is 5.11 Å². The maximum absolute atomic E-state index is 8.99. The molecule has 0 aliphatic carbocycles. The van der Waals surface area contributed by atoms with E-state index in [9.17, 15) is 0 Å². The number of hydrogen-bond acceptors (Lipinski definition) is 4. The van der Waals surface area contributed by atoms with Gasteiger partial charge in [-0.15, -0.1) is 0 Å². The van der Waals surface area contributed by atoms with Gasteiger partial charge in [0.1, 0.15) is 12.9 Å². The van der Waals surface area contributed by atoms with Gasteiger partial charge in [0.2, 0.25) is 0 Å². The molecule has 0 spiro atoms. The summed E-state index contributed by atoms with van der Waals surface area (Å²) in [5.41, 5.74) is 1.05. The van der Waals surface area contributed by atoms with Crippen LogP contribution in [0.3, 0.4) is 0 Å². The molecule has 15 heavy (non-hydrogen) atoms. The summed E-state index contributed by atoms with van der Waals surface area (Å²) >= 11 is 0. The van der Waals surface area contributed by atoms with E-state index < -0.39 is 0 Å². The van der Waals surface area contributed by atoms with Crippen LogP contribution in [0.2, 0.25) is 0 Å². The fourth-order valence-electron chi connectivity index (χ4n) is 1.38. The molecular weight excluding hydrogens is 194 g/mol. The van der Waals surface area contributed by atoms with Crippen LogP contribution in [0.15, 0.2) is 18.7 Å². The number of aryl methyl sites for hydroxylation is 1. The van der Waals surface area contributed by atoms with Crippen molar-refractivity contribution < 1.29 is 5.11 Å². The summed E-state index contributed by atoms with van der Waals surface area (Å²) in [4.78, 5) is 3.93. The molecule has 80 valence electrons. The van der Waals surface area contributed by atoms with E-state index in [0.717, 1.165) is 12.1 Å². The average molecular weight is 207 g/mol. The number of aromatic nitrogens is 5. The van der Waals surface area contributed by atoms with Crippen LogP contribution < -0.4 is 0 Å². The Morgan fingerprint density at radius 2 is 2.27 bits per heavy atom. The number of aliphatic hydroxyl groups excluding tert-OH is 1. The van der Waals surface area contributed by atoms with Crippen molar-refractivity contribution in [3.63, 3.8) is 0 Å². The van der Waals surface area contributed by atoms with Gasteiger partial charge in [-0.3, -0.25) is 4.68 Å². The normalized spacial score (nSPS) is 10.8. The molecule has 0 amide bonds. The molecule has 0 bridgehead atoms. The van der Waals surface area contributed by atoms with Gasteiger partial charge in [-0.2, -0.15) is 10.2 Å². The van der Waals surface area contributed by atoms with Gasteiger partial charge in [-0.25, -0.2) is 9.67 Å². The zero-order valence-corrected chi connectivity index (χ0v) is 8.54. The fraction of sp³-hybridized carbons (Fsp3) is 0.444. The monoisotopic (exact) mass is 207 g/mol. The quantitative estimate of drug-likeness (QED) is 0.768. The second-order valence-electron chi connectivity index (χ2n) is 3.20. The maximum atomic E-state index is 8.99. The first kappa shape index (κ1) is 9.85. The molecule has 6 nitrogen and oxygen atoms in total. The molecule has 0 aliphatic heterocycles. The zero-order valence-electron chi connectivity index (χ0n) is 8.54. The lowest BCUT2D eigenvalue weighted by Gasteiger charge is -2.00. The summed E-state index contributed by atoms with van der Waals surface area (Å²) in [6.45, 7) is 3.38. The third-order valence-corrected chi connectivity index (χ3v) is 2.18. The maximum Gasteiger partial charge on any atom is 0.152 e. The van der Waals surface area contributed by atoms with Crippen LogP contribution in [-0.2, 0) is 19.7 Å². The Morgan fingerprint density at radius 3 is 2.93 bits per heavy atom. The number of aliphatic hydroxyl groups is 1. The molecular formula is C9H13N5O. The van der Waals surface area contributed by atoms with Gasteiger partial charge in [0, 0.05) is 18.3 Å². The Hall–Kier alpha value is -1.69. The number of rotatable bonds is 4. The summed E-state index contributed by atoms with van der Waals surface area (Å²) in [6, 6.07) is 0. The van der Waals surface area contributed by atoms with E-state index in [4.69, 9.17) is 5.11 Å². The molecule has 0 aliphatic rings. The Morgan fingerprint density at radius 1 is 1.40 bits per heavy atom. The van der Waals surface area contributed by atoms with Crippen molar-refractivity contribution in [1.29, 1.82) is 0 Å². The number of nitrogens with zero attached hydrogens (tertiary/aromatic N) is 5. The molecule has 0 atom stereocenters. The molecule has 0 radical (unpaired) electrons. The molecule has 1 N–H and O–H groups in total. The second-order valence-corrected chi connectivity index (χ2v) is 3.20. The minimum absolute atomic E-state index is 0.0953. The summed E-state index contributed by atoms with van der Waals surface area (Å²) in [5, 5.41) is 17.2. The van der Waals surface area contributed by atoms with E-state index >= 15 is 0 Å². The van der Waals surface area contributed by atoms with Crippen LogP contribution in [0.5, 0.6) is 0 Å². The smallest absolute Gasteiger partial charge is 0.152 e. The largest absolute Gasteiger partial charge is 0.388 e. The van der Waals surface area contributed by atoms with E-state index in [1.54, 1.807) is 10.9 Å². The highest BCUT2D eigenvalue weighted by molar-refractivity contribution is 5.04. The highest BCUT2D eigenvalue weighted by Gasteiger charge is 2.04. The van der Waals surface area contributed by atoms with Crippen LogP contribution in [0.25, 0.3) is 0 Å². The predicted octanol–water partition coefficient (Wildman–Crippen LogP) is 0.0351. The van der Waals surface area contributed by atoms with Gasteiger partial charge in [-0.1, -0.05) is 0 Å². The van der Waals surface area contributed by atoms with Crippen molar-refractivity contribution in [3.05, 3.63) is 30.1 Å². The molecule has 2 aromatic rings. The molecule has 0 aromatic carbocycles. The highest BCUT2D eigenvalue weighted by Crippen LogP contribution is 2.02. The first-order chi connectivity index (χ1) is 7.33. The standard InChI is InChI=1S/C9H13N5O/c1-2-13-4-8(3-11-13)5-14-9(6-15)10-7-12-14/h3-4,7,15H,2,5-6H2,1H3. The van der Waals surface area contributed by atoms with E-state index in [1.807, 2.05) is 17.8 Å². The lowest BCUT2D eigenvalue weighted by Crippen LogP contribution is -2.06. The van der Waals surface area contributed by atoms with Crippen LogP contribution >= 0.6 is 0 Å². The molecule has 0 saturated heterocycles. The minimum Gasteiger partial charge on any atom is -0.388 e. The Balaban J connectivity index is 2.14. The van der Waals surface area contributed by atoms with Gasteiger partial charge in [0.25, 0.3) is 0 Å². The van der Waals surface area contributed by atoms with E-state index in [0.29, 0.717) is 12.4 Å². The summed E-state index contributed by atoms with van der Waals surface area (Å²) in [5.74, 6) is 0.569. The van der Waals surface area contributed by atoms with E-state index in [2.05, 4.69) is 15.2 Å². The van der Waals surface area contributed by atoms with Crippen molar-refractivity contribution in [3.8, 4) is 0 Å². The summed E-state index contributed by atoms with van der Waals surface area (Å²) in [6.07, 6.45) is 5.20. The van der Waals surface area contributed by atoms with Crippen molar-refractivity contribution >= 4 is 0 Å². The highest BCUT2D eigenvalue weighted by atomic mass is 16.3. The topological polar surface area (TPSA) is 68.8 Å². The average Bonchev–Trinajstić information content (AvgIpc) is 2.87. The van der Waals surface area contributed by atoms with Crippen LogP contribution in [-0.4, -0.2) is 29.7 Å². The predicted molar refractivity (Wildman–Crippen MR) is 52.9 cm³/mol. The fourth-order valence-corrected chi connectivity index (χ4v) is 1.38. The van der Waals surface area contributed by atoms with Gasteiger partial charge in [-0.05, 0) is 6.92 Å². The van der Waals surface area contributed by atoms with Crippen LogP contribution in [0.4, 0.5) is 0 Å². The molecule has 6 heteroatoms. The van der Waals surface area contributed by atoms with Crippen molar-refractivity contribution in [2.24, 2.45) is 0 Å². The summed E-state index contributed by atoms with van der Waals surface area (Å²) < 4.78 is 3.52. The van der Waals surface area contributed by atoms with E-state index in [-0.39, 0.29) is 6.61 Å². The van der Waals surface area contributed by atoms with Crippen LogP contribution in [0, 0.1) is 0 Å². The van der Waals surface area contributed by atoms with Crippen molar-refractivity contribution in [1.82, 2.24) is 24.5 Å². The second kappa shape index (κ2) is 4.22. The minimum atomic E-state index is -0.0953. The lowest BCUT2D eigenvalue weighted by molar-refractivity contribution is 0.264. The molecule has 2 aromatic heterocycles. The third-order valence-electron chi connectivity index (χ3n) is 2.18. The lowest BCUT2D eigenvalue weighted by atomic mass is 10.3. The molecule has 0 saturated carbocycles. The van der Waals surface area contributed by atoms with Crippen molar-refractivity contribution in [2.45, 2.75) is 26.6 Å². The SMILES string of the molecule is CCn1cc(Cn2ncnc2CO)cn1.